The van der Waals surface area contributed by atoms with E-state index in [0.717, 1.165) is 55.6 Å². The van der Waals surface area contributed by atoms with Gasteiger partial charge >= 0.3 is 5.97 Å². The maximum absolute atomic E-state index is 14.3. The van der Waals surface area contributed by atoms with Crippen LogP contribution in [0.2, 0.25) is 0 Å². The summed E-state index contributed by atoms with van der Waals surface area (Å²) < 4.78 is 23.9. The lowest BCUT2D eigenvalue weighted by atomic mass is 10.1. The number of carboxylic acids is 1. The number of piperazine rings is 1. The smallest absolute Gasteiger partial charge is 0.338 e. The molecule has 0 atom stereocenters. The zero-order valence-electron chi connectivity index (χ0n) is 24.1. The zero-order valence-corrected chi connectivity index (χ0v) is 24.1. The van der Waals surface area contributed by atoms with Gasteiger partial charge < -0.3 is 19.3 Å². The number of hydrogen-bond acceptors (Lipinski definition) is 9. The van der Waals surface area contributed by atoms with Gasteiger partial charge in [-0.3, -0.25) is 9.30 Å². The van der Waals surface area contributed by atoms with E-state index >= 15 is 0 Å². The van der Waals surface area contributed by atoms with Crippen LogP contribution in [0.15, 0.2) is 61.3 Å². The van der Waals surface area contributed by atoms with E-state index in [0.29, 0.717) is 30.2 Å². The number of carboxylic acid groups (broad SMARTS) is 1. The second-order valence-electron chi connectivity index (χ2n) is 10.5. The molecule has 1 fully saturated rings. The molecule has 0 bridgehead atoms. The van der Waals surface area contributed by atoms with Gasteiger partial charge in [0.1, 0.15) is 18.2 Å². The van der Waals surface area contributed by atoms with Gasteiger partial charge in [0, 0.05) is 81.6 Å². The van der Waals surface area contributed by atoms with Crippen LogP contribution in [0.25, 0.3) is 5.78 Å². The van der Waals surface area contributed by atoms with Crippen LogP contribution in [0.3, 0.4) is 0 Å². The fourth-order valence-corrected chi connectivity index (χ4v) is 5.29. The quantitative estimate of drug-likeness (QED) is 0.255. The van der Waals surface area contributed by atoms with Gasteiger partial charge in [-0.25, -0.2) is 24.1 Å². The van der Waals surface area contributed by atoms with Gasteiger partial charge in [0.15, 0.2) is 0 Å². The maximum atomic E-state index is 14.3. The molecule has 13 heteroatoms. The SMILES string of the molecule is CCn1cncc1Cc1c(CN2CCN(c3cccc(OCc4ccc(C#N)cc4F)n3)CC2)nc2ncc(C(=O)O)cn12. The number of aryl methyl sites for hydroxylation is 1. The maximum Gasteiger partial charge on any atom is 0.338 e. The molecule has 0 saturated carbocycles. The van der Waals surface area contributed by atoms with Gasteiger partial charge in [-0.1, -0.05) is 12.1 Å². The largest absolute Gasteiger partial charge is 0.478 e. The number of nitrogens with zero attached hydrogens (tertiary/aromatic N) is 9. The summed E-state index contributed by atoms with van der Waals surface area (Å²) >= 11 is 0. The summed E-state index contributed by atoms with van der Waals surface area (Å²) in [5, 5.41) is 18.5. The molecule has 12 nitrogen and oxygen atoms in total. The molecule has 44 heavy (non-hydrogen) atoms. The molecule has 0 spiro atoms. The average molecular weight is 596 g/mol. The molecule has 0 unspecified atom stereocenters. The van der Waals surface area contributed by atoms with Crippen LogP contribution in [0.4, 0.5) is 10.2 Å². The van der Waals surface area contributed by atoms with E-state index in [2.05, 4.69) is 36.2 Å². The number of rotatable bonds is 10. The number of aromatic carboxylic acids is 1. The Balaban J connectivity index is 1.14. The number of pyridine rings is 1. The number of anilines is 1. The summed E-state index contributed by atoms with van der Waals surface area (Å²) in [5.41, 5.74) is 3.46. The molecule has 1 aliphatic heterocycles. The number of benzene rings is 1. The van der Waals surface area contributed by atoms with Gasteiger partial charge in [0.05, 0.1) is 34.9 Å². The van der Waals surface area contributed by atoms with E-state index in [4.69, 9.17) is 15.0 Å². The second-order valence-corrected chi connectivity index (χ2v) is 10.5. The van der Waals surface area contributed by atoms with Crippen molar-refractivity contribution in [2.24, 2.45) is 0 Å². The molecule has 5 heterocycles. The molecule has 1 aromatic carbocycles. The molecule has 4 aromatic heterocycles. The Labute approximate surface area is 252 Å². The highest BCUT2D eigenvalue weighted by molar-refractivity contribution is 5.87. The summed E-state index contributed by atoms with van der Waals surface area (Å²) in [4.78, 5) is 34.2. The van der Waals surface area contributed by atoms with Gasteiger partial charge in [0.2, 0.25) is 11.7 Å². The average Bonchev–Trinajstić information content (AvgIpc) is 3.64. The van der Waals surface area contributed by atoms with Crippen LogP contribution in [0.5, 0.6) is 5.88 Å². The van der Waals surface area contributed by atoms with E-state index in [1.807, 2.05) is 24.4 Å². The first-order valence-corrected chi connectivity index (χ1v) is 14.3. The number of nitriles is 1. The Hall–Kier alpha value is -5.35. The van der Waals surface area contributed by atoms with E-state index < -0.39 is 11.8 Å². The van der Waals surface area contributed by atoms with Crippen molar-refractivity contribution >= 4 is 17.6 Å². The Kier molecular flexibility index (Phi) is 8.16. The third-order valence-electron chi connectivity index (χ3n) is 7.73. The van der Waals surface area contributed by atoms with Gasteiger partial charge in [-0.05, 0) is 25.1 Å². The van der Waals surface area contributed by atoms with Crippen LogP contribution in [0.1, 0.15) is 45.5 Å². The summed E-state index contributed by atoms with van der Waals surface area (Å²) in [5.74, 6) is 0.0961. The fraction of sp³-hybridized carbons (Fsp3) is 0.290. The van der Waals surface area contributed by atoms with Crippen LogP contribution in [0, 0.1) is 17.1 Å². The highest BCUT2D eigenvalue weighted by Gasteiger charge is 2.23. The lowest BCUT2D eigenvalue weighted by Crippen LogP contribution is -2.46. The summed E-state index contributed by atoms with van der Waals surface area (Å²) in [6, 6.07) is 11.7. The van der Waals surface area contributed by atoms with Crippen LogP contribution < -0.4 is 9.64 Å². The minimum Gasteiger partial charge on any atom is -0.478 e. The normalized spacial score (nSPS) is 13.7. The van der Waals surface area contributed by atoms with Crippen molar-refractivity contribution in [3.63, 3.8) is 0 Å². The summed E-state index contributed by atoms with van der Waals surface area (Å²) in [7, 11) is 0. The van der Waals surface area contributed by atoms with E-state index in [1.54, 1.807) is 35.1 Å². The van der Waals surface area contributed by atoms with Crippen molar-refractivity contribution < 1.29 is 19.0 Å². The standard InChI is InChI=1S/C31H30FN9O3/c1-2-39-20-34-16-24(39)13-27-26(36-31-35-15-23(30(42)43)17-41(27)31)18-38-8-10-40(11-9-38)28-4-3-5-29(37-28)44-19-22-7-6-21(14-33)12-25(22)32/h3-7,12,15-17,20H,2,8-11,13,18-19H2,1H3,(H,42,43). The van der Waals surface area contributed by atoms with Gasteiger partial charge in [0.25, 0.3) is 0 Å². The topological polar surface area (TPSA) is 138 Å². The van der Waals surface area contributed by atoms with E-state index in [1.165, 1.54) is 12.3 Å². The third-order valence-corrected chi connectivity index (χ3v) is 7.73. The number of aromatic nitrogens is 6. The molecule has 0 amide bonds. The summed E-state index contributed by atoms with van der Waals surface area (Å²) in [6.07, 6.45) is 7.07. The lowest BCUT2D eigenvalue weighted by Gasteiger charge is -2.35. The predicted octanol–water partition coefficient (Wildman–Crippen LogP) is 3.54. The molecular weight excluding hydrogens is 565 g/mol. The Morgan fingerprint density at radius 2 is 1.98 bits per heavy atom. The molecular formula is C31H30FN9O3. The third kappa shape index (κ3) is 6.06. The van der Waals surface area contributed by atoms with E-state index in [9.17, 15) is 14.3 Å². The first kappa shape index (κ1) is 28.8. The van der Waals surface area contributed by atoms with Crippen LogP contribution >= 0.6 is 0 Å². The highest BCUT2D eigenvalue weighted by Crippen LogP contribution is 2.22. The number of hydrogen-bond donors (Lipinski definition) is 1. The van der Waals surface area contributed by atoms with E-state index in [-0.39, 0.29) is 17.7 Å². The van der Waals surface area contributed by atoms with Gasteiger partial charge in [-0.2, -0.15) is 10.2 Å². The molecule has 5 aromatic rings. The first-order valence-electron chi connectivity index (χ1n) is 14.3. The second kappa shape index (κ2) is 12.5. The Bertz CT molecular complexity index is 1850. The molecule has 0 aliphatic carbocycles. The first-order chi connectivity index (χ1) is 21.4. The Morgan fingerprint density at radius 1 is 1.14 bits per heavy atom. The fourth-order valence-electron chi connectivity index (χ4n) is 5.29. The summed E-state index contributed by atoms with van der Waals surface area (Å²) in [6.45, 7) is 6.40. The van der Waals surface area contributed by atoms with Crippen molar-refractivity contribution in [1.29, 1.82) is 5.26 Å². The number of halogens is 1. The molecule has 1 aliphatic rings. The van der Waals surface area contributed by atoms with Crippen molar-refractivity contribution in [2.75, 3.05) is 31.1 Å². The highest BCUT2D eigenvalue weighted by atomic mass is 19.1. The molecule has 6 rings (SSSR count). The molecule has 1 N–H and O–H groups in total. The van der Waals surface area contributed by atoms with Crippen LogP contribution in [-0.2, 0) is 26.1 Å². The zero-order chi connectivity index (χ0) is 30.6. The van der Waals surface area contributed by atoms with Crippen molar-refractivity contribution in [1.82, 2.24) is 33.8 Å². The number of fused-ring (bicyclic) bond motifs is 1. The van der Waals surface area contributed by atoms with Crippen molar-refractivity contribution in [3.05, 3.63) is 101 Å². The van der Waals surface area contributed by atoms with Crippen molar-refractivity contribution in [3.8, 4) is 11.9 Å². The van der Waals surface area contributed by atoms with Crippen molar-refractivity contribution in [2.45, 2.75) is 33.0 Å². The number of ether oxygens (including phenoxy) is 1. The molecule has 224 valence electrons. The predicted molar refractivity (Wildman–Crippen MR) is 158 cm³/mol. The molecule has 1 saturated heterocycles. The van der Waals surface area contributed by atoms with Crippen LogP contribution in [-0.4, -0.2) is 71.1 Å². The lowest BCUT2D eigenvalue weighted by molar-refractivity contribution is 0.0696. The minimum absolute atomic E-state index is 0.00494. The Morgan fingerprint density at radius 3 is 2.73 bits per heavy atom. The van der Waals surface area contributed by atoms with Gasteiger partial charge in [-0.15, -0.1) is 0 Å². The monoisotopic (exact) mass is 595 g/mol. The number of imidazole rings is 2. The minimum atomic E-state index is -1.04. The number of carbonyl (C=O) groups is 1. The molecule has 0 radical (unpaired) electrons.